The van der Waals surface area contributed by atoms with Gasteiger partial charge in [0.05, 0.1) is 4.90 Å². The van der Waals surface area contributed by atoms with E-state index in [0.717, 1.165) is 38.8 Å². The minimum atomic E-state index is -3.56. The number of amides is 1. The van der Waals surface area contributed by atoms with Gasteiger partial charge in [-0.15, -0.1) is 12.4 Å². The summed E-state index contributed by atoms with van der Waals surface area (Å²) in [7, 11) is -3.56. The van der Waals surface area contributed by atoms with E-state index in [1.165, 1.54) is 6.07 Å². The highest BCUT2D eigenvalue weighted by Crippen LogP contribution is 2.21. The quantitative estimate of drug-likeness (QED) is 0.835. The lowest BCUT2D eigenvalue weighted by molar-refractivity contribution is 0.0735. The first-order valence-corrected chi connectivity index (χ1v) is 9.67. The van der Waals surface area contributed by atoms with Crippen LogP contribution in [0.3, 0.4) is 0 Å². The number of benzene rings is 1. The van der Waals surface area contributed by atoms with Crippen LogP contribution >= 0.6 is 12.4 Å². The zero-order chi connectivity index (χ0) is 16.3. The lowest BCUT2D eigenvalue weighted by Gasteiger charge is -2.27. The van der Waals surface area contributed by atoms with Crippen molar-refractivity contribution in [2.24, 2.45) is 0 Å². The van der Waals surface area contributed by atoms with Crippen molar-refractivity contribution in [1.29, 1.82) is 0 Å². The lowest BCUT2D eigenvalue weighted by Crippen LogP contribution is -2.46. The number of nitrogens with zero attached hydrogens (tertiary/aromatic N) is 1. The molecular formula is C16H24ClN3O3S. The third-order valence-corrected chi connectivity index (χ3v) is 5.99. The molecule has 2 N–H and O–H groups in total. The second-order valence-electron chi connectivity index (χ2n) is 6.17. The van der Waals surface area contributed by atoms with Crippen LogP contribution in [0.2, 0.25) is 0 Å². The molecule has 1 saturated heterocycles. The Bertz CT molecular complexity index is 669. The molecule has 134 valence electrons. The Hall–Kier alpha value is -1.15. The van der Waals surface area contributed by atoms with Gasteiger partial charge in [-0.25, -0.2) is 13.1 Å². The van der Waals surface area contributed by atoms with Gasteiger partial charge in [-0.1, -0.05) is 18.9 Å². The van der Waals surface area contributed by atoms with Gasteiger partial charge in [-0.05, 0) is 31.0 Å². The van der Waals surface area contributed by atoms with Crippen molar-refractivity contribution >= 4 is 28.3 Å². The lowest BCUT2D eigenvalue weighted by atomic mass is 10.2. The van der Waals surface area contributed by atoms with E-state index >= 15 is 0 Å². The molecule has 8 heteroatoms. The third kappa shape index (κ3) is 4.47. The van der Waals surface area contributed by atoms with Crippen LogP contribution in [0, 0.1) is 0 Å². The van der Waals surface area contributed by atoms with Crippen LogP contribution in [0.15, 0.2) is 29.2 Å². The number of hydrogen-bond donors (Lipinski definition) is 2. The largest absolute Gasteiger partial charge is 0.336 e. The molecule has 1 aliphatic carbocycles. The molecule has 1 amide bonds. The van der Waals surface area contributed by atoms with Gasteiger partial charge in [0.2, 0.25) is 10.0 Å². The molecule has 1 aromatic rings. The molecule has 6 nitrogen and oxygen atoms in total. The summed E-state index contributed by atoms with van der Waals surface area (Å²) in [6.07, 6.45) is 3.90. The van der Waals surface area contributed by atoms with E-state index in [2.05, 4.69) is 10.0 Å². The van der Waals surface area contributed by atoms with Gasteiger partial charge in [0.1, 0.15) is 0 Å². The molecule has 0 bridgehead atoms. The van der Waals surface area contributed by atoms with Gasteiger partial charge < -0.3 is 10.2 Å². The van der Waals surface area contributed by atoms with Crippen LogP contribution in [0.5, 0.6) is 0 Å². The maximum absolute atomic E-state index is 12.5. The molecule has 2 aliphatic rings. The van der Waals surface area contributed by atoms with Crippen LogP contribution in [-0.4, -0.2) is 51.4 Å². The summed E-state index contributed by atoms with van der Waals surface area (Å²) in [5.41, 5.74) is 0.432. The molecule has 1 aromatic carbocycles. The zero-order valence-corrected chi connectivity index (χ0v) is 15.2. The topological polar surface area (TPSA) is 78.5 Å². The highest BCUT2D eigenvalue weighted by Gasteiger charge is 2.24. The van der Waals surface area contributed by atoms with Crippen molar-refractivity contribution in [3.63, 3.8) is 0 Å². The first kappa shape index (κ1) is 19.2. The molecule has 24 heavy (non-hydrogen) atoms. The zero-order valence-electron chi connectivity index (χ0n) is 13.5. The highest BCUT2D eigenvalue weighted by molar-refractivity contribution is 7.89. The van der Waals surface area contributed by atoms with Crippen LogP contribution in [0.25, 0.3) is 0 Å². The summed E-state index contributed by atoms with van der Waals surface area (Å²) in [6, 6.07) is 6.37. The summed E-state index contributed by atoms with van der Waals surface area (Å²) in [5.74, 6) is -0.107. The van der Waals surface area contributed by atoms with E-state index in [9.17, 15) is 13.2 Å². The standard InChI is InChI=1S/C16H23N3O3S.ClH/c20-16(19-10-8-17-9-11-19)13-4-3-7-15(12-13)23(21,22)18-14-5-1-2-6-14;/h3-4,7,12,14,17-18H,1-2,5-6,8-11H2;1H. The number of hydrogen-bond acceptors (Lipinski definition) is 4. The summed E-state index contributed by atoms with van der Waals surface area (Å²) in [5, 5.41) is 3.20. The average Bonchev–Trinajstić information content (AvgIpc) is 3.07. The van der Waals surface area contributed by atoms with E-state index in [0.29, 0.717) is 18.7 Å². The summed E-state index contributed by atoms with van der Waals surface area (Å²) in [4.78, 5) is 14.4. The fourth-order valence-electron chi connectivity index (χ4n) is 3.18. The van der Waals surface area contributed by atoms with Crippen molar-refractivity contribution in [1.82, 2.24) is 14.9 Å². The van der Waals surface area contributed by atoms with Gasteiger partial charge in [0.25, 0.3) is 5.91 Å². The SMILES string of the molecule is Cl.O=C(c1cccc(S(=O)(=O)NC2CCCC2)c1)N1CCNCC1. The number of piperazine rings is 1. The van der Waals surface area contributed by atoms with Crippen molar-refractivity contribution in [3.05, 3.63) is 29.8 Å². The van der Waals surface area contributed by atoms with Crippen molar-refractivity contribution < 1.29 is 13.2 Å². The van der Waals surface area contributed by atoms with Crippen molar-refractivity contribution in [2.45, 2.75) is 36.6 Å². The molecule has 0 unspecified atom stereocenters. The number of nitrogens with one attached hydrogen (secondary N) is 2. The number of carbonyl (C=O) groups is 1. The highest BCUT2D eigenvalue weighted by atomic mass is 35.5. The molecule has 1 saturated carbocycles. The molecule has 0 radical (unpaired) electrons. The molecule has 1 aliphatic heterocycles. The van der Waals surface area contributed by atoms with Gasteiger partial charge in [0, 0.05) is 37.8 Å². The van der Waals surface area contributed by atoms with Crippen LogP contribution in [0.1, 0.15) is 36.0 Å². The summed E-state index contributed by atoms with van der Waals surface area (Å²) >= 11 is 0. The monoisotopic (exact) mass is 373 g/mol. The summed E-state index contributed by atoms with van der Waals surface area (Å²) in [6.45, 7) is 2.84. The molecular weight excluding hydrogens is 350 g/mol. The number of rotatable bonds is 4. The predicted molar refractivity (Wildman–Crippen MR) is 95.0 cm³/mol. The first-order chi connectivity index (χ1) is 11.1. The second-order valence-corrected chi connectivity index (χ2v) is 7.89. The Morgan fingerprint density at radius 3 is 2.50 bits per heavy atom. The van der Waals surface area contributed by atoms with Gasteiger partial charge in [0.15, 0.2) is 0 Å². The van der Waals surface area contributed by atoms with Crippen molar-refractivity contribution in [2.75, 3.05) is 26.2 Å². The van der Waals surface area contributed by atoms with E-state index in [-0.39, 0.29) is 29.3 Å². The normalized spacial score (nSPS) is 19.1. The molecule has 0 spiro atoms. The third-order valence-electron chi connectivity index (χ3n) is 4.47. The maximum Gasteiger partial charge on any atom is 0.253 e. The maximum atomic E-state index is 12.5. The van der Waals surface area contributed by atoms with E-state index in [4.69, 9.17) is 0 Å². The number of sulfonamides is 1. The van der Waals surface area contributed by atoms with Crippen LogP contribution in [0.4, 0.5) is 0 Å². The Balaban J connectivity index is 0.00000208. The van der Waals surface area contributed by atoms with Gasteiger partial charge in [-0.3, -0.25) is 4.79 Å². The van der Waals surface area contributed by atoms with Gasteiger partial charge in [-0.2, -0.15) is 0 Å². The Kier molecular flexibility index (Phi) is 6.62. The van der Waals surface area contributed by atoms with Gasteiger partial charge >= 0.3 is 0 Å². The van der Waals surface area contributed by atoms with E-state index in [1.807, 2.05) is 0 Å². The van der Waals surface area contributed by atoms with E-state index < -0.39 is 10.0 Å². The fourth-order valence-corrected chi connectivity index (χ4v) is 4.53. The first-order valence-electron chi connectivity index (χ1n) is 8.19. The second kappa shape index (κ2) is 8.29. The molecule has 1 heterocycles. The smallest absolute Gasteiger partial charge is 0.253 e. The van der Waals surface area contributed by atoms with Crippen LogP contribution < -0.4 is 10.0 Å². The minimum Gasteiger partial charge on any atom is -0.336 e. The minimum absolute atomic E-state index is 0. The molecule has 0 atom stereocenters. The van der Waals surface area contributed by atoms with Crippen molar-refractivity contribution in [3.8, 4) is 0 Å². The fraction of sp³-hybridized carbons (Fsp3) is 0.562. The molecule has 2 fully saturated rings. The average molecular weight is 374 g/mol. The Morgan fingerprint density at radius 1 is 1.17 bits per heavy atom. The van der Waals surface area contributed by atoms with E-state index in [1.54, 1.807) is 23.1 Å². The number of halogens is 1. The predicted octanol–water partition coefficient (Wildman–Crippen LogP) is 1.37. The molecule has 3 rings (SSSR count). The number of carbonyl (C=O) groups excluding carboxylic acids is 1. The molecule has 0 aromatic heterocycles. The Morgan fingerprint density at radius 2 is 1.83 bits per heavy atom. The summed E-state index contributed by atoms with van der Waals surface area (Å²) < 4.78 is 27.7. The van der Waals surface area contributed by atoms with Crippen LogP contribution in [-0.2, 0) is 10.0 Å². The Labute approximate surface area is 149 Å².